The van der Waals surface area contributed by atoms with Crippen molar-refractivity contribution in [2.24, 2.45) is 11.3 Å². The van der Waals surface area contributed by atoms with Gasteiger partial charge in [0, 0.05) is 25.1 Å². The van der Waals surface area contributed by atoms with E-state index in [2.05, 4.69) is 6.07 Å². The number of ether oxygens (including phenoxy) is 1. The molecule has 1 amide bonds. The Bertz CT molecular complexity index is 735. The van der Waals surface area contributed by atoms with Gasteiger partial charge in [0.05, 0.1) is 7.11 Å². The maximum Gasteiger partial charge on any atom is 0.305 e. The molecule has 5 heteroatoms. The van der Waals surface area contributed by atoms with Crippen LogP contribution in [0.1, 0.15) is 61.8 Å². The highest BCUT2D eigenvalue weighted by Crippen LogP contribution is 2.63. The largest absolute Gasteiger partial charge is 0.469 e. The zero-order valence-electron chi connectivity index (χ0n) is 15.8. The third-order valence-electron chi connectivity index (χ3n) is 6.42. The van der Waals surface area contributed by atoms with Gasteiger partial charge in [0.25, 0.3) is 0 Å². The summed E-state index contributed by atoms with van der Waals surface area (Å²) in [4.78, 5) is 31.2. The second-order valence-electron chi connectivity index (χ2n) is 8.25. The average molecular weight is 356 g/mol. The maximum atomic E-state index is 13.0. The summed E-state index contributed by atoms with van der Waals surface area (Å²) in [5.41, 5.74) is 3.46. The molecule has 26 heavy (non-hydrogen) atoms. The number of methoxy groups -OCH3 is 1. The van der Waals surface area contributed by atoms with E-state index in [9.17, 15) is 9.59 Å². The molecule has 0 saturated heterocycles. The summed E-state index contributed by atoms with van der Waals surface area (Å²) in [5, 5.41) is 0. The Balaban J connectivity index is 1.51. The van der Waals surface area contributed by atoms with Crippen LogP contribution in [-0.2, 0) is 27.2 Å². The van der Waals surface area contributed by atoms with Crippen molar-refractivity contribution in [3.8, 4) is 0 Å². The first kappa shape index (κ1) is 17.5. The molecule has 0 bridgehead atoms. The number of hydrogen-bond donors (Lipinski definition) is 0. The van der Waals surface area contributed by atoms with Crippen molar-refractivity contribution in [2.75, 3.05) is 18.6 Å². The molecule has 1 aliphatic heterocycles. The monoisotopic (exact) mass is 356 g/mol. The maximum absolute atomic E-state index is 13.0. The minimum absolute atomic E-state index is 0.200. The van der Waals surface area contributed by atoms with E-state index < -0.39 is 0 Å². The number of aryl methyl sites for hydroxylation is 3. The van der Waals surface area contributed by atoms with Crippen molar-refractivity contribution in [3.05, 3.63) is 22.9 Å². The van der Waals surface area contributed by atoms with Crippen molar-refractivity contribution in [1.29, 1.82) is 0 Å². The molecule has 0 spiro atoms. The van der Waals surface area contributed by atoms with Gasteiger partial charge in [-0.2, -0.15) is 0 Å². The molecule has 5 nitrogen and oxygen atoms in total. The summed E-state index contributed by atoms with van der Waals surface area (Å²) in [7, 11) is 1.41. The van der Waals surface area contributed by atoms with Gasteiger partial charge in [-0.25, -0.2) is 4.98 Å². The number of esters is 1. The van der Waals surface area contributed by atoms with Crippen molar-refractivity contribution < 1.29 is 14.3 Å². The molecular weight excluding hydrogens is 328 g/mol. The lowest BCUT2D eigenvalue weighted by atomic mass is 9.94. The molecule has 0 radical (unpaired) electrons. The summed E-state index contributed by atoms with van der Waals surface area (Å²) in [6.45, 7) is 2.75. The number of pyridine rings is 1. The lowest BCUT2D eigenvalue weighted by Crippen LogP contribution is -2.38. The molecule has 2 heterocycles. The van der Waals surface area contributed by atoms with Gasteiger partial charge >= 0.3 is 5.97 Å². The first-order valence-corrected chi connectivity index (χ1v) is 9.89. The van der Waals surface area contributed by atoms with Gasteiger partial charge in [-0.3, -0.25) is 14.5 Å². The van der Waals surface area contributed by atoms with Crippen molar-refractivity contribution in [2.45, 2.75) is 64.7 Å². The van der Waals surface area contributed by atoms with E-state index in [1.165, 1.54) is 32.8 Å². The summed E-state index contributed by atoms with van der Waals surface area (Å²) in [6.07, 6.45) is 8.70. The minimum atomic E-state index is -0.200. The standard InChI is InChI=1S/C21H28N2O3/c1-14-15(5-8-19(25)26-2)12-16-4-3-11-23(20(16)22-14)18(24)13-21(9-10-21)17-6-7-17/h12,17H,3-11,13H2,1-2H3. The fourth-order valence-corrected chi connectivity index (χ4v) is 4.45. The van der Waals surface area contributed by atoms with Crippen molar-refractivity contribution in [3.63, 3.8) is 0 Å². The molecular formula is C21H28N2O3. The summed E-state index contributed by atoms with van der Waals surface area (Å²) >= 11 is 0. The Kier molecular flexibility index (Phi) is 4.49. The van der Waals surface area contributed by atoms with Crippen LogP contribution in [0.4, 0.5) is 5.82 Å². The molecule has 3 aliphatic rings. The Hall–Kier alpha value is -1.91. The van der Waals surface area contributed by atoms with Gasteiger partial charge in [0.15, 0.2) is 0 Å². The number of rotatable bonds is 6. The SMILES string of the molecule is COC(=O)CCc1cc2c(nc1C)N(C(=O)CC1(C3CC3)CC1)CCC2. The number of fused-ring (bicyclic) bond motifs is 1. The molecule has 2 saturated carbocycles. The molecule has 0 unspecified atom stereocenters. The molecule has 1 aromatic heterocycles. The van der Waals surface area contributed by atoms with E-state index in [4.69, 9.17) is 9.72 Å². The van der Waals surface area contributed by atoms with Gasteiger partial charge in [-0.05, 0) is 74.3 Å². The highest BCUT2D eigenvalue weighted by Gasteiger charge is 2.55. The predicted molar refractivity (Wildman–Crippen MR) is 99.0 cm³/mol. The van der Waals surface area contributed by atoms with E-state index >= 15 is 0 Å². The van der Waals surface area contributed by atoms with Crippen LogP contribution in [0.2, 0.25) is 0 Å². The first-order valence-electron chi connectivity index (χ1n) is 9.89. The fraction of sp³-hybridized carbons (Fsp3) is 0.667. The third-order valence-corrected chi connectivity index (χ3v) is 6.42. The summed E-state index contributed by atoms with van der Waals surface area (Å²) in [6, 6.07) is 2.15. The van der Waals surface area contributed by atoms with Crippen molar-refractivity contribution >= 4 is 17.7 Å². The molecule has 2 fully saturated rings. The van der Waals surface area contributed by atoms with E-state index in [0.29, 0.717) is 24.7 Å². The highest BCUT2D eigenvalue weighted by atomic mass is 16.5. The summed E-state index contributed by atoms with van der Waals surface area (Å²) < 4.78 is 4.74. The van der Waals surface area contributed by atoms with Gasteiger partial charge in [0.1, 0.15) is 5.82 Å². The fourth-order valence-electron chi connectivity index (χ4n) is 4.45. The zero-order valence-corrected chi connectivity index (χ0v) is 15.8. The second kappa shape index (κ2) is 6.67. The van der Waals surface area contributed by atoms with Crippen LogP contribution in [0.25, 0.3) is 0 Å². The van der Waals surface area contributed by atoms with Crippen LogP contribution in [0, 0.1) is 18.3 Å². The third kappa shape index (κ3) is 3.36. The second-order valence-corrected chi connectivity index (χ2v) is 8.25. The van der Waals surface area contributed by atoms with E-state index in [1.54, 1.807) is 0 Å². The van der Waals surface area contributed by atoms with Crippen molar-refractivity contribution in [1.82, 2.24) is 4.98 Å². The normalized spacial score (nSPS) is 20.5. The van der Waals surface area contributed by atoms with Crippen LogP contribution in [0.15, 0.2) is 6.07 Å². The number of amides is 1. The smallest absolute Gasteiger partial charge is 0.305 e. The highest BCUT2D eigenvalue weighted by molar-refractivity contribution is 5.94. The number of aromatic nitrogens is 1. The molecule has 4 rings (SSSR count). The number of anilines is 1. The Morgan fingerprint density at radius 2 is 2.12 bits per heavy atom. The lowest BCUT2D eigenvalue weighted by Gasteiger charge is -2.30. The van der Waals surface area contributed by atoms with Crippen LogP contribution in [0.3, 0.4) is 0 Å². The number of nitrogens with zero attached hydrogens (tertiary/aromatic N) is 2. The van der Waals surface area contributed by atoms with Crippen LogP contribution in [-0.4, -0.2) is 30.5 Å². The molecule has 0 atom stereocenters. The first-order chi connectivity index (χ1) is 12.5. The Labute approximate surface area is 155 Å². The molecule has 140 valence electrons. The van der Waals surface area contributed by atoms with Gasteiger partial charge in [0.2, 0.25) is 5.91 Å². The van der Waals surface area contributed by atoms with E-state index in [1.807, 2.05) is 11.8 Å². The van der Waals surface area contributed by atoms with Crippen LogP contribution in [0.5, 0.6) is 0 Å². The van der Waals surface area contributed by atoms with Gasteiger partial charge < -0.3 is 4.74 Å². The number of hydrogen-bond acceptors (Lipinski definition) is 4. The average Bonchev–Trinajstić information content (AvgIpc) is 3.52. The van der Waals surface area contributed by atoms with Crippen LogP contribution < -0.4 is 4.90 Å². The summed E-state index contributed by atoms with van der Waals surface area (Å²) in [5.74, 6) is 1.71. The molecule has 1 aromatic rings. The van der Waals surface area contributed by atoms with E-state index in [0.717, 1.165) is 47.9 Å². The topological polar surface area (TPSA) is 59.5 Å². The Morgan fingerprint density at radius 1 is 1.35 bits per heavy atom. The molecule has 0 N–H and O–H groups in total. The van der Waals surface area contributed by atoms with Gasteiger partial charge in [-0.1, -0.05) is 6.07 Å². The molecule has 2 aliphatic carbocycles. The van der Waals surface area contributed by atoms with E-state index in [-0.39, 0.29) is 11.9 Å². The Morgan fingerprint density at radius 3 is 2.77 bits per heavy atom. The zero-order chi connectivity index (χ0) is 18.3. The predicted octanol–water partition coefficient (Wildman–Crippen LogP) is 3.36. The quantitative estimate of drug-likeness (QED) is 0.734. The molecule has 0 aromatic carbocycles. The minimum Gasteiger partial charge on any atom is -0.469 e. The lowest BCUT2D eigenvalue weighted by molar-refractivity contribution is -0.140. The number of carbonyl (C=O) groups excluding carboxylic acids is 2. The number of carbonyl (C=O) groups is 2. The van der Waals surface area contributed by atoms with Gasteiger partial charge in [-0.15, -0.1) is 0 Å². The van der Waals surface area contributed by atoms with Crippen LogP contribution >= 0.6 is 0 Å².